The molecule has 0 spiro atoms. The van der Waals surface area contributed by atoms with Crippen LogP contribution in [0.15, 0.2) is 52.3 Å². The molecule has 15 heteroatoms. The number of morpholine rings is 1. The maximum Gasteiger partial charge on any atom is 0.329 e. The second-order valence-corrected chi connectivity index (χ2v) is 17.5. The number of aromatic nitrogens is 1. The molecule has 0 aliphatic carbocycles. The van der Waals surface area contributed by atoms with Gasteiger partial charge in [0.2, 0.25) is 17.5 Å². The first kappa shape index (κ1) is 35.1. The number of esters is 1. The van der Waals surface area contributed by atoms with Crippen LogP contribution in [0.2, 0.25) is 0 Å². The van der Waals surface area contributed by atoms with Gasteiger partial charge in [0.25, 0.3) is 5.91 Å². The smallest absolute Gasteiger partial charge is 0.329 e. The van der Waals surface area contributed by atoms with E-state index in [0.717, 1.165) is 16.5 Å². The van der Waals surface area contributed by atoms with Crippen LogP contribution in [0.3, 0.4) is 0 Å². The Morgan fingerprint density at radius 1 is 1.12 bits per heavy atom. The van der Waals surface area contributed by atoms with Gasteiger partial charge in [-0.25, -0.2) is 13.6 Å². The third-order valence-electron chi connectivity index (χ3n) is 9.40. The third kappa shape index (κ3) is 6.06. The van der Waals surface area contributed by atoms with Crippen molar-refractivity contribution in [2.24, 2.45) is 11.7 Å². The summed E-state index contributed by atoms with van der Waals surface area (Å²) in [4.78, 5) is 43.9. The maximum absolute atomic E-state index is 15.6. The molecule has 2 N–H and O–H groups in total. The SMILES string of the molecule is CC(OC(=O)C(C)(N)C(C)C)Oc1c2n(cc(P(C)(C)=O)c1=O)N([C@@H]1c3ccccc3SCc3c1ccc(F)c3F)[C@@H]1COCCN1C2=O. The van der Waals surface area contributed by atoms with Gasteiger partial charge in [-0.05, 0) is 49.4 Å². The number of carbonyl (C=O) groups is 2. The lowest BCUT2D eigenvalue weighted by Crippen LogP contribution is -2.67. The van der Waals surface area contributed by atoms with Crippen LogP contribution in [0, 0.1) is 17.6 Å². The van der Waals surface area contributed by atoms with E-state index in [2.05, 4.69) is 0 Å². The number of fused-ring (bicyclic) bond motifs is 4. The van der Waals surface area contributed by atoms with Crippen molar-refractivity contribution in [1.82, 2.24) is 9.58 Å². The molecule has 1 amide bonds. The van der Waals surface area contributed by atoms with Crippen molar-refractivity contribution in [1.29, 1.82) is 0 Å². The monoisotopic (exact) mass is 716 g/mol. The van der Waals surface area contributed by atoms with Crippen molar-refractivity contribution in [3.63, 3.8) is 0 Å². The van der Waals surface area contributed by atoms with E-state index in [0.29, 0.717) is 5.56 Å². The highest BCUT2D eigenvalue weighted by molar-refractivity contribution is 7.98. The first-order chi connectivity index (χ1) is 23.0. The number of rotatable bonds is 7. The fraction of sp³-hybridized carbons (Fsp3) is 0.441. The van der Waals surface area contributed by atoms with Crippen LogP contribution in [0.1, 0.15) is 60.9 Å². The average Bonchev–Trinajstić information content (AvgIpc) is 3.21. The molecule has 4 heterocycles. The van der Waals surface area contributed by atoms with Crippen LogP contribution >= 0.6 is 18.9 Å². The van der Waals surface area contributed by atoms with Crippen molar-refractivity contribution in [3.8, 4) is 5.75 Å². The van der Waals surface area contributed by atoms with Crippen LogP contribution in [0.25, 0.3) is 0 Å². The number of hydrogen-bond acceptors (Lipinski definition) is 10. The highest BCUT2D eigenvalue weighted by Crippen LogP contribution is 2.46. The van der Waals surface area contributed by atoms with E-state index in [1.165, 1.54) is 60.8 Å². The number of amides is 1. The van der Waals surface area contributed by atoms with Gasteiger partial charge in [-0.3, -0.25) is 19.3 Å². The molecule has 3 aliphatic heterocycles. The second kappa shape index (κ2) is 12.9. The van der Waals surface area contributed by atoms with E-state index in [9.17, 15) is 23.3 Å². The zero-order valence-electron chi connectivity index (χ0n) is 28.1. The minimum Gasteiger partial charge on any atom is -0.448 e. The Labute approximate surface area is 287 Å². The number of pyridine rings is 1. The summed E-state index contributed by atoms with van der Waals surface area (Å²) in [7, 11) is -3.36. The highest BCUT2D eigenvalue weighted by atomic mass is 32.2. The molecule has 2 unspecified atom stereocenters. The fourth-order valence-electron chi connectivity index (χ4n) is 6.21. The summed E-state index contributed by atoms with van der Waals surface area (Å²) in [5.74, 6) is -3.95. The molecular weight excluding hydrogens is 677 g/mol. The van der Waals surface area contributed by atoms with Crippen molar-refractivity contribution in [3.05, 3.63) is 86.8 Å². The van der Waals surface area contributed by atoms with E-state index in [-0.39, 0.29) is 48.0 Å². The van der Waals surface area contributed by atoms with Crippen LogP contribution < -0.4 is 26.2 Å². The zero-order valence-corrected chi connectivity index (χ0v) is 29.8. The summed E-state index contributed by atoms with van der Waals surface area (Å²) in [5.41, 5.74) is 5.16. The largest absolute Gasteiger partial charge is 0.448 e. The van der Waals surface area contributed by atoms with Gasteiger partial charge in [0.05, 0.1) is 24.6 Å². The molecule has 262 valence electrons. The minimum absolute atomic E-state index is 0.0435. The lowest BCUT2D eigenvalue weighted by atomic mass is 9.90. The molecule has 0 radical (unpaired) electrons. The highest BCUT2D eigenvalue weighted by Gasteiger charge is 2.48. The van der Waals surface area contributed by atoms with Gasteiger partial charge < -0.3 is 29.4 Å². The third-order valence-corrected chi connectivity index (χ3v) is 12.0. The Bertz CT molecular complexity index is 1950. The quantitative estimate of drug-likeness (QED) is 0.216. The Hall–Kier alpha value is -3.71. The van der Waals surface area contributed by atoms with E-state index < -0.39 is 65.9 Å². The molecule has 3 aliphatic rings. The molecule has 49 heavy (non-hydrogen) atoms. The number of nitrogens with two attached hydrogens (primary N) is 1. The summed E-state index contributed by atoms with van der Waals surface area (Å²) < 4.78 is 62.9. The normalized spacial score (nSPS) is 20.7. The van der Waals surface area contributed by atoms with Gasteiger partial charge in [0.15, 0.2) is 17.3 Å². The molecule has 3 aromatic rings. The molecule has 6 rings (SSSR count). The zero-order chi connectivity index (χ0) is 35.6. The van der Waals surface area contributed by atoms with Gasteiger partial charge >= 0.3 is 5.97 Å². The Morgan fingerprint density at radius 2 is 1.84 bits per heavy atom. The molecule has 4 atom stereocenters. The van der Waals surface area contributed by atoms with E-state index in [1.54, 1.807) is 18.9 Å². The molecule has 2 aromatic carbocycles. The van der Waals surface area contributed by atoms with Gasteiger partial charge in [-0.1, -0.05) is 38.1 Å². The van der Waals surface area contributed by atoms with Crippen molar-refractivity contribution in [2.45, 2.75) is 62.4 Å². The minimum atomic E-state index is -3.36. The van der Waals surface area contributed by atoms with Crippen molar-refractivity contribution >= 4 is 36.1 Å². The summed E-state index contributed by atoms with van der Waals surface area (Å²) >= 11 is 1.35. The Kier molecular flexibility index (Phi) is 9.23. The predicted octanol–water partition coefficient (Wildman–Crippen LogP) is 4.16. The van der Waals surface area contributed by atoms with E-state index in [4.69, 9.17) is 19.9 Å². The summed E-state index contributed by atoms with van der Waals surface area (Å²) in [5, 5.41) is 1.65. The van der Waals surface area contributed by atoms with Gasteiger partial charge in [-0.15, -0.1) is 11.8 Å². The van der Waals surface area contributed by atoms with Gasteiger partial charge in [-0.2, -0.15) is 0 Å². The van der Waals surface area contributed by atoms with Crippen LogP contribution in [0.5, 0.6) is 5.75 Å². The van der Waals surface area contributed by atoms with Crippen LogP contribution in [-0.2, 0) is 24.6 Å². The molecule has 1 fully saturated rings. The number of halogens is 2. The predicted molar refractivity (Wildman–Crippen MR) is 181 cm³/mol. The number of thioether (sulfide) groups is 1. The summed E-state index contributed by atoms with van der Waals surface area (Å²) in [6.45, 7) is 9.66. The first-order valence-electron chi connectivity index (χ1n) is 15.9. The van der Waals surface area contributed by atoms with Crippen LogP contribution in [0.4, 0.5) is 8.78 Å². The first-order valence-corrected chi connectivity index (χ1v) is 19.5. The summed E-state index contributed by atoms with van der Waals surface area (Å²) in [6, 6.07) is 9.19. The number of nitrogens with zero attached hydrogens (tertiary/aromatic N) is 3. The van der Waals surface area contributed by atoms with Gasteiger partial charge in [0.1, 0.15) is 18.8 Å². The Morgan fingerprint density at radius 3 is 2.53 bits per heavy atom. The molecule has 1 aromatic heterocycles. The Balaban J connectivity index is 1.62. The van der Waals surface area contributed by atoms with Gasteiger partial charge in [0, 0.05) is 35.9 Å². The molecule has 0 saturated carbocycles. The lowest BCUT2D eigenvalue weighted by molar-refractivity contribution is -0.169. The van der Waals surface area contributed by atoms with Crippen LogP contribution in [-0.4, -0.2) is 72.5 Å². The average molecular weight is 717 g/mol. The van der Waals surface area contributed by atoms with E-state index >= 15 is 4.39 Å². The van der Waals surface area contributed by atoms with E-state index in [1.807, 2.05) is 24.3 Å². The lowest BCUT2D eigenvalue weighted by Gasteiger charge is -2.51. The number of benzene rings is 2. The molecule has 11 nitrogen and oxygen atoms in total. The number of ether oxygens (including phenoxy) is 3. The number of hydrogen-bond donors (Lipinski definition) is 1. The number of carbonyl (C=O) groups excluding carboxylic acids is 2. The second-order valence-electron chi connectivity index (χ2n) is 13.3. The topological polar surface area (TPSA) is 133 Å². The molecular formula is C34H39F2N4O7PS. The van der Waals surface area contributed by atoms with Crippen molar-refractivity contribution in [2.75, 3.05) is 38.1 Å². The fourth-order valence-corrected chi connectivity index (χ4v) is 8.31. The maximum atomic E-state index is 15.6. The van der Waals surface area contributed by atoms with Crippen molar-refractivity contribution < 1.29 is 37.1 Å². The molecule has 1 saturated heterocycles. The standard InChI is InChI=1S/C34H39F2N4O7PS/c1-18(2)34(4,37)33(43)47-19(3)46-31-29-32(42)38-13-14-45-16-26(38)40(39(29)15-24(30(31)41)48(5,6)44)28-20-11-12-23(35)27(36)22(20)17-49-25-10-8-7-9-21(25)28/h7-12,15,18-19,26,28H,13-14,16-17,37H2,1-6H3/t19?,26-,28+,34?/m1/s1. The molecule has 0 bridgehead atoms. The summed E-state index contributed by atoms with van der Waals surface area (Å²) in [6.07, 6.45) is -0.806.